The highest BCUT2D eigenvalue weighted by Crippen LogP contribution is 2.19. The van der Waals surface area contributed by atoms with Crippen LogP contribution in [0, 0.1) is 11.2 Å². The summed E-state index contributed by atoms with van der Waals surface area (Å²) in [5.41, 5.74) is 6.17. The lowest BCUT2D eigenvalue weighted by atomic mass is 9.93. The van der Waals surface area contributed by atoms with Gasteiger partial charge in [-0.2, -0.15) is 0 Å². The number of hydrogen-bond donors (Lipinski definition) is 2. The molecule has 3 N–H and O–H groups in total. The first-order chi connectivity index (χ1) is 9.19. The van der Waals surface area contributed by atoms with Crippen LogP contribution < -0.4 is 11.1 Å². The van der Waals surface area contributed by atoms with E-state index in [4.69, 9.17) is 10.5 Å². The highest BCUT2D eigenvalue weighted by molar-refractivity contribution is 5.94. The van der Waals surface area contributed by atoms with Gasteiger partial charge in [-0.1, -0.05) is 20.8 Å². The van der Waals surface area contributed by atoms with Crippen molar-refractivity contribution in [2.45, 2.75) is 40.2 Å². The van der Waals surface area contributed by atoms with Crippen molar-refractivity contribution in [1.82, 2.24) is 0 Å². The predicted octanol–water partition coefficient (Wildman–Crippen LogP) is 3.19. The number of benzene rings is 1. The molecule has 0 saturated heterocycles. The van der Waals surface area contributed by atoms with E-state index in [0.717, 1.165) is 6.42 Å². The normalized spacial score (nSPS) is 13.1. The molecule has 112 valence electrons. The molecule has 0 fully saturated rings. The third-order valence-corrected chi connectivity index (χ3v) is 2.84. The van der Waals surface area contributed by atoms with Gasteiger partial charge >= 0.3 is 0 Å². The molecule has 1 aromatic carbocycles. The zero-order valence-electron chi connectivity index (χ0n) is 12.5. The Bertz CT molecular complexity index is 469. The summed E-state index contributed by atoms with van der Waals surface area (Å²) in [6.45, 7) is 8.43. The largest absolute Gasteiger partial charge is 0.399 e. The Morgan fingerprint density at radius 2 is 2.10 bits per heavy atom. The van der Waals surface area contributed by atoms with Crippen LogP contribution in [0.25, 0.3) is 0 Å². The van der Waals surface area contributed by atoms with Crippen molar-refractivity contribution < 1.29 is 13.9 Å². The van der Waals surface area contributed by atoms with Crippen molar-refractivity contribution in [3.63, 3.8) is 0 Å². The highest BCUT2D eigenvalue weighted by Gasteiger charge is 2.17. The molecule has 1 atom stereocenters. The smallest absolute Gasteiger partial charge is 0.253 e. The first-order valence-electron chi connectivity index (χ1n) is 6.66. The van der Waals surface area contributed by atoms with Crippen LogP contribution in [0.2, 0.25) is 0 Å². The summed E-state index contributed by atoms with van der Waals surface area (Å²) in [6, 6.07) is 4.04. The van der Waals surface area contributed by atoms with Crippen molar-refractivity contribution >= 4 is 17.3 Å². The van der Waals surface area contributed by atoms with Gasteiger partial charge in [-0.25, -0.2) is 4.39 Å². The second-order valence-electron chi connectivity index (χ2n) is 6.05. The van der Waals surface area contributed by atoms with Gasteiger partial charge < -0.3 is 15.8 Å². The molecular weight excluding hydrogens is 259 g/mol. The van der Waals surface area contributed by atoms with Crippen LogP contribution >= 0.6 is 0 Å². The summed E-state index contributed by atoms with van der Waals surface area (Å²) in [7, 11) is 0. The van der Waals surface area contributed by atoms with Gasteiger partial charge in [0.15, 0.2) is 0 Å². The first kappa shape index (κ1) is 16.4. The van der Waals surface area contributed by atoms with E-state index in [9.17, 15) is 9.18 Å². The Hall–Kier alpha value is -1.62. The highest BCUT2D eigenvalue weighted by atomic mass is 19.1. The number of anilines is 2. The summed E-state index contributed by atoms with van der Waals surface area (Å²) in [4.78, 5) is 11.9. The SMILES string of the molecule is CC(OCCC(C)(C)C)C(=O)Nc1cc(N)ccc1F. The Morgan fingerprint density at radius 3 is 2.70 bits per heavy atom. The Balaban J connectivity index is 2.51. The summed E-state index contributed by atoms with van der Waals surface area (Å²) in [6.07, 6.45) is 0.204. The molecule has 0 bridgehead atoms. The van der Waals surface area contributed by atoms with Crippen molar-refractivity contribution in [1.29, 1.82) is 0 Å². The lowest BCUT2D eigenvalue weighted by Gasteiger charge is -2.20. The third kappa shape index (κ3) is 5.57. The van der Waals surface area contributed by atoms with E-state index in [1.165, 1.54) is 18.2 Å². The van der Waals surface area contributed by atoms with Gasteiger partial charge in [0.05, 0.1) is 5.69 Å². The summed E-state index contributed by atoms with van der Waals surface area (Å²) in [5, 5.41) is 2.48. The van der Waals surface area contributed by atoms with Crippen LogP contribution in [-0.4, -0.2) is 18.6 Å². The van der Waals surface area contributed by atoms with E-state index < -0.39 is 11.9 Å². The number of carbonyl (C=O) groups excluding carboxylic acids is 1. The Labute approximate surface area is 119 Å². The van der Waals surface area contributed by atoms with E-state index >= 15 is 0 Å². The number of nitrogens with one attached hydrogen (secondary N) is 1. The van der Waals surface area contributed by atoms with E-state index in [1.54, 1.807) is 6.92 Å². The van der Waals surface area contributed by atoms with E-state index in [2.05, 4.69) is 26.1 Å². The summed E-state index contributed by atoms with van der Waals surface area (Å²) >= 11 is 0. The summed E-state index contributed by atoms with van der Waals surface area (Å²) in [5.74, 6) is -0.905. The Morgan fingerprint density at radius 1 is 1.45 bits per heavy atom. The molecule has 0 aliphatic rings. The minimum Gasteiger partial charge on any atom is -0.399 e. The van der Waals surface area contributed by atoms with Gasteiger partial charge in [0.1, 0.15) is 11.9 Å². The zero-order valence-corrected chi connectivity index (χ0v) is 12.5. The van der Waals surface area contributed by atoms with Gasteiger partial charge in [0.25, 0.3) is 5.91 Å². The number of nitrogen functional groups attached to an aromatic ring is 1. The Kier molecular flexibility index (Phi) is 5.51. The van der Waals surface area contributed by atoms with Gasteiger partial charge in [0, 0.05) is 12.3 Å². The number of ether oxygens (including phenoxy) is 1. The van der Waals surface area contributed by atoms with Gasteiger partial charge in [-0.05, 0) is 37.0 Å². The monoisotopic (exact) mass is 282 g/mol. The molecule has 0 radical (unpaired) electrons. The van der Waals surface area contributed by atoms with Crippen LogP contribution in [0.3, 0.4) is 0 Å². The minimum absolute atomic E-state index is 0.0706. The maximum absolute atomic E-state index is 13.5. The first-order valence-corrected chi connectivity index (χ1v) is 6.66. The molecule has 20 heavy (non-hydrogen) atoms. The van der Waals surface area contributed by atoms with Gasteiger partial charge in [-0.3, -0.25) is 4.79 Å². The predicted molar refractivity (Wildman–Crippen MR) is 78.9 cm³/mol. The third-order valence-electron chi connectivity index (χ3n) is 2.84. The fraction of sp³-hybridized carbons (Fsp3) is 0.533. The number of carbonyl (C=O) groups is 1. The fourth-order valence-electron chi connectivity index (χ4n) is 1.49. The van der Waals surface area contributed by atoms with Crippen molar-refractivity contribution in [2.24, 2.45) is 5.41 Å². The fourth-order valence-corrected chi connectivity index (χ4v) is 1.49. The topological polar surface area (TPSA) is 64.3 Å². The number of amides is 1. The van der Waals surface area contributed by atoms with E-state index in [1.807, 2.05) is 0 Å². The van der Waals surface area contributed by atoms with E-state index in [0.29, 0.717) is 12.3 Å². The number of nitrogens with two attached hydrogens (primary N) is 1. The van der Waals surface area contributed by atoms with Crippen LogP contribution in [-0.2, 0) is 9.53 Å². The lowest BCUT2D eigenvalue weighted by Crippen LogP contribution is -2.29. The molecule has 1 rings (SSSR count). The van der Waals surface area contributed by atoms with Crippen molar-refractivity contribution in [2.75, 3.05) is 17.7 Å². The van der Waals surface area contributed by atoms with Gasteiger partial charge in [0.2, 0.25) is 0 Å². The lowest BCUT2D eigenvalue weighted by molar-refractivity contribution is -0.126. The maximum Gasteiger partial charge on any atom is 0.253 e. The van der Waals surface area contributed by atoms with Gasteiger partial charge in [-0.15, -0.1) is 0 Å². The van der Waals surface area contributed by atoms with Crippen LogP contribution in [0.1, 0.15) is 34.1 Å². The van der Waals surface area contributed by atoms with Crippen LogP contribution in [0.5, 0.6) is 0 Å². The number of hydrogen-bond acceptors (Lipinski definition) is 3. The van der Waals surface area contributed by atoms with Crippen LogP contribution in [0.15, 0.2) is 18.2 Å². The average Bonchev–Trinajstić information content (AvgIpc) is 2.32. The molecule has 0 aromatic heterocycles. The zero-order chi connectivity index (χ0) is 15.3. The molecule has 1 aromatic rings. The van der Waals surface area contributed by atoms with Crippen LogP contribution in [0.4, 0.5) is 15.8 Å². The molecular formula is C15H23FN2O2. The molecule has 0 spiro atoms. The quantitative estimate of drug-likeness (QED) is 0.815. The molecule has 0 saturated carbocycles. The van der Waals surface area contributed by atoms with E-state index in [-0.39, 0.29) is 17.0 Å². The molecule has 4 nitrogen and oxygen atoms in total. The number of rotatable bonds is 5. The standard InChI is InChI=1S/C15H23FN2O2/c1-10(20-8-7-15(2,3)4)14(19)18-13-9-11(17)5-6-12(13)16/h5-6,9-10H,7-8,17H2,1-4H3,(H,18,19). The molecule has 1 unspecified atom stereocenters. The number of halogens is 1. The van der Waals surface area contributed by atoms with Crippen molar-refractivity contribution in [3.8, 4) is 0 Å². The second kappa shape index (κ2) is 6.70. The molecule has 0 heterocycles. The molecule has 1 amide bonds. The average molecular weight is 282 g/mol. The molecule has 0 aliphatic carbocycles. The molecule has 0 aliphatic heterocycles. The maximum atomic E-state index is 13.5. The second-order valence-corrected chi connectivity index (χ2v) is 6.05. The van der Waals surface area contributed by atoms with Crippen molar-refractivity contribution in [3.05, 3.63) is 24.0 Å². The summed E-state index contributed by atoms with van der Waals surface area (Å²) < 4.78 is 18.9. The minimum atomic E-state index is -0.641. The molecule has 5 heteroatoms.